The molecule has 0 fully saturated rings. The number of hydrogen-bond donors (Lipinski definition) is 0. The van der Waals surface area contributed by atoms with Crippen molar-refractivity contribution in [3.63, 3.8) is 0 Å². The van der Waals surface area contributed by atoms with Crippen LogP contribution < -0.4 is 37.3 Å². The van der Waals surface area contributed by atoms with Crippen molar-refractivity contribution in [3.05, 3.63) is 0 Å². The van der Waals surface area contributed by atoms with Crippen molar-refractivity contribution in [2.75, 3.05) is 0 Å². The molecule has 0 saturated heterocycles. The summed E-state index contributed by atoms with van der Waals surface area (Å²) in [4.78, 5) is 0. The predicted octanol–water partition coefficient (Wildman–Crippen LogP) is -9.51. The van der Waals surface area contributed by atoms with Crippen LogP contribution in [0, 0.1) is 20.5 Å². The van der Waals surface area contributed by atoms with Crippen LogP contribution in [0.1, 0.15) is 0 Å². The summed E-state index contributed by atoms with van der Waals surface area (Å²) in [5, 5.41) is 0. The second-order valence-electron chi connectivity index (χ2n) is 0.756. The molecule has 0 unspecified atom stereocenters. The molecule has 0 amide bonds. The van der Waals surface area contributed by atoms with Gasteiger partial charge in [0.05, 0.1) is 0 Å². The van der Waals surface area contributed by atoms with Gasteiger partial charge in [0, 0.05) is 0 Å². The first-order valence-electron chi connectivity index (χ1n) is 1.23. The Hall–Kier alpha value is 0.754. The van der Waals surface area contributed by atoms with Crippen LogP contribution in [0.2, 0.25) is 0 Å². The van der Waals surface area contributed by atoms with E-state index in [2.05, 4.69) is 0 Å². The topological polar surface area (TPSA) is 184 Å². The van der Waals surface area contributed by atoms with Crippen molar-refractivity contribution in [1.29, 1.82) is 0 Å². The maximum absolute atomic E-state index is 8.49. The summed E-state index contributed by atoms with van der Waals surface area (Å²) in [5.74, 6) is 0. The molecule has 72 valence electrons. The molecule has 0 spiro atoms. The third-order valence-electron chi connectivity index (χ3n) is 0. The fourth-order valence-corrected chi connectivity index (χ4v) is 0. The van der Waals surface area contributed by atoms with E-state index in [0.717, 1.165) is 0 Å². The Morgan fingerprint density at radius 3 is 0.455 bits per heavy atom. The van der Waals surface area contributed by atoms with Crippen LogP contribution >= 0.6 is 0 Å². The van der Waals surface area contributed by atoms with E-state index in [1.165, 1.54) is 0 Å². The normalized spacial score (nSPS) is 10.9. The van der Waals surface area contributed by atoms with E-state index >= 15 is 0 Å². The van der Waals surface area contributed by atoms with Crippen molar-refractivity contribution >= 4 is 0 Å². The smallest absolute Gasteiger partial charge is 0.222 e. The van der Waals surface area contributed by atoms with Gasteiger partial charge in [0.25, 0.3) is 0 Å². The largest absolute Gasteiger partial charge is 2.00 e. The van der Waals surface area contributed by atoms with Gasteiger partial charge in [-0.1, -0.05) is 0 Å². The van der Waals surface area contributed by atoms with Crippen LogP contribution in [0.5, 0.6) is 0 Å². The summed E-state index contributed by atoms with van der Waals surface area (Å²) in [6, 6.07) is 0. The number of hydrogen-bond acceptors (Lipinski definition) is 8. The van der Waals surface area contributed by atoms with Crippen molar-refractivity contribution < 1.29 is 74.2 Å². The Labute approximate surface area is 74.7 Å². The standard InChI is InChI=1S/2ClHO4.Ni/c2*2-1(3,4)5;/h2*(H,2,3,4,5);/q;;+2/p-2. The van der Waals surface area contributed by atoms with Gasteiger partial charge in [0.1, 0.15) is 0 Å². The van der Waals surface area contributed by atoms with E-state index in [-0.39, 0.29) is 16.5 Å². The predicted molar refractivity (Wildman–Crippen MR) is 0 cm³/mol. The van der Waals surface area contributed by atoms with E-state index < -0.39 is 20.5 Å². The Morgan fingerprint density at radius 1 is 0.455 bits per heavy atom. The van der Waals surface area contributed by atoms with Crippen molar-refractivity contribution in [1.82, 2.24) is 0 Å². The number of halogens is 2. The summed E-state index contributed by atoms with van der Waals surface area (Å²) in [6.07, 6.45) is 0. The van der Waals surface area contributed by atoms with Crippen molar-refractivity contribution in [2.24, 2.45) is 0 Å². The summed E-state index contributed by atoms with van der Waals surface area (Å²) in [5.41, 5.74) is 0. The third-order valence-corrected chi connectivity index (χ3v) is 0. The molecule has 11 heteroatoms. The third kappa shape index (κ3) is 1450. The van der Waals surface area contributed by atoms with Crippen LogP contribution in [0.15, 0.2) is 0 Å². The molecule has 0 rings (SSSR count). The van der Waals surface area contributed by atoms with Crippen LogP contribution in [0.4, 0.5) is 0 Å². The molecule has 0 aromatic rings. The fourth-order valence-electron chi connectivity index (χ4n) is 0. The van der Waals surface area contributed by atoms with E-state index in [1.54, 1.807) is 0 Å². The zero-order valence-corrected chi connectivity index (χ0v) is 6.84. The van der Waals surface area contributed by atoms with Gasteiger partial charge in [0.2, 0.25) is 0 Å². The van der Waals surface area contributed by atoms with Gasteiger partial charge in [-0.05, 0) is 0 Å². The summed E-state index contributed by atoms with van der Waals surface area (Å²) in [6.45, 7) is 0. The van der Waals surface area contributed by atoms with Crippen molar-refractivity contribution in [2.45, 2.75) is 0 Å². The van der Waals surface area contributed by atoms with Gasteiger partial charge >= 0.3 is 16.5 Å². The summed E-state index contributed by atoms with van der Waals surface area (Å²) in [7, 11) is -9.89. The molecule has 0 atom stereocenters. The Bertz CT molecular complexity index is 55.1. The fraction of sp³-hybridized carbons (Fsp3) is 0. The van der Waals surface area contributed by atoms with Crippen LogP contribution in [-0.2, 0) is 16.5 Å². The van der Waals surface area contributed by atoms with E-state index in [0.29, 0.717) is 0 Å². The Kier molecular flexibility index (Phi) is 10.1. The zero-order valence-electron chi connectivity index (χ0n) is 4.34. The van der Waals surface area contributed by atoms with E-state index in [4.69, 9.17) is 37.3 Å². The molecule has 0 N–H and O–H groups in total. The van der Waals surface area contributed by atoms with Gasteiger partial charge < -0.3 is 0 Å². The molecule has 0 bridgehead atoms. The first-order valence-corrected chi connectivity index (χ1v) is 3.70. The maximum Gasteiger partial charge on any atom is 2.00 e. The molecule has 0 saturated carbocycles. The van der Waals surface area contributed by atoms with Gasteiger partial charge in [-0.25, -0.2) is 37.3 Å². The molecule has 0 aromatic carbocycles. The van der Waals surface area contributed by atoms with Crippen LogP contribution in [0.25, 0.3) is 0 Å². The van der Waals surface area contributed by atoms with Gasteiger partial charge in [-0.2, -0.15) is 0 Å². The molecule has 0 aliphatic heterocycles. The molecular weight excluding hydrogens is 258 g/mol. The maximum atomic E-state index is 8.49. The average molecular weight is 258 g/mol. The van der Waals surface area contributed by atoms with Gasteiger partial charge in [-0.15, -0.1) is 20.5 Å². The zero-order chi connectivity index (χ0) is 9.00. The van der Waals surface area contributed by atoms with Crippen LogP contribution in [-0.4, -0.2) is 0 Å². The first-order chi connectivity index (χ1) is 4.00. The SMILES string of the molecule is [Ni+2].[O-][Cl+3]([O-])([O-])[O-].[O-][Cl+3]([O-])([O-])[O-]. The molecule has 0 aliphatic rings. The molecule has 0 heterocycles. The Morgan fingerprint density at radius 2 is 0.455 bits per heavy atom. The number of rotatable bonds is 0. The van der Waals surface area contributed by atoms with Gasteiger partial charge in [-0.3, -0.25) is 0 Å². The minimum Gasteiger partial charge on any atom is -0.222 e. The van der Waals surface area contributed by atoms with Crippen LogP contribution in [0.3, 0.4) is 0 Å². The monoisotopic (exact) mass is 256 g/mol. The van der Waals surface area contributed by atoms with Gasteiger partial charge in [0.15, 0.2) is 0 Å². The first kappa shape index (κ1) is 17.7. The minimum atomic E-state index is -4.94. The molecule has 8 nitrogen and oxygen atoms in total. The molecule has 0 aromatic heterocycles. The second-order valence-corrected chi connectivity index (χ2v) is 2.27. The minimum absolute atomic E-state index is 0. The molecule has 0 radical (unpaired) electrons. The average Bonchev–Trinajstić information content (AvgIpc) is 1.12. The van der Waals surface area contributed by atoms with E-state index in [1.807, 2.05) is 0 Å². The summed E-state index contributed by atoms with van der Waals surface area (Å²) >= 11 is 0. The Balaban J connectivity index is -0.000000107. The molecule has 0 aliphatic carbocycles. The summed E-state index contributed by atoms with van der Waals surface area (Å²) < 4.78 is 67.9. The quantitative estimate of drug-likeness (QED) is 0.383. The molecular formula is Cl2NiO8. The molecule has 11 heavy (non-hydrogen) atoms. The van der Waals surface area contributed by atoms with E-state index in [9.17, 15) is 0 Å². The van der Waals surface area contributed by atoms with Crippen molar-refractivity contribution in [3.8, 4) is 0 Å². The second kappa shape index (κ2) is 6.29.